The van der Waals surface area contributed by atoms with E-state index in [0.29, 0.717) is 5.76 Å². The highest BCUT2D eigenvalue weighted by molar-refractivity contribution is 5.91. The van der Waals surface area contributed by atoms with Gasteiger partial charge in [0.2, 0.25) is 0 Å². The van der Waals surface area contributed by atoms with Crippen LogP contribution in [0, 0.1) is 13.8 Å². The van der Waals surface area contributed by atoms with Crippen LogP contribution in [0.2, 0.25) is 0 Å². The molecule has 0 N–H and O–H groups in total. The second-order valence-corrected chi connectivity index (χ2v) is 6.63. The summed E-state index contributed by atoms with van der Waals surface area (Å²) in [5.41, 5.74) is 2.80. The lowest BCUT2D eigenvalue weighted by Crippen LogP contribution is -2.32. The Kier molecular flexibility index (Phi) is 4.03. The number of benzene rings is 1. The van der Waals surface area contributed by atoms with Crippen molar-refractivity contribution in [2.75, 3.05) is 13.1 Å². The Morgan fingerprint density at radius 2 is 1.80 bits per heavy atom. The van der Waals surface area contributed by atoms with Crippen LogP contribution in [0.4, 0.5) is 0 Å². The fourth-order valence-corrected chi connectivity index (χ4v) is 3.40. The molecule has 25 heavy (non-hydrogen) atoms. The van der Waals surface area contributed by atoms with Gasteiger partial charge in [0.25, 0.3) is 5.89 Å². The van der Waals surface area contributed by atoms with Gasteiger partial charge < -0.3 is 13.7 Å². The lowest BCUT2D eigenvalue weighted by molar-refractivity contribution is 0.0722. The second-order valence-electron chi connectivity index (χ2n) is 6.63. The van der Waals surface area contributed by atoms with E-state index in [4.69, 9.17) is 8.83 Å². The molecule has 0 aliphatic carbocycles. The average Bonchev–Trinajstić information content (AvgIpc) is 3.11. The molecule has 2 aromatic heterocycles. The van der Waals surface area contributed by atoms with E-state index in [-0.39, 0.29) is 17.7 Å². The summed E-state index contributed by atoms with van der Waals surface area (Å²) in [5, 5.41) is 9.04. The van der Waals surface area contributed by atoms with Gasteiger partial charge in [0, 0.05) is 24.0 Å². The van der Waals surface area contributed by atoms with Crippen LogP contribution in [0.3, 0.4) is 0 Å². The van der Waals surface area contributed by atoms with Crippen molar-refractivity contribution in [1.82, 2.24) is 15.1 Å². The highest BCUT2D eigenvalue weighted by Crippen LogP contribution is 2.33. The monoisotopic (exact) mass is 339 g/mol. The molecule has 1 aromatic carbocycles. The number of carbonyl (C=O) groups excluding carboxylic acids is 1. The first-order chi connectivity index (χ1) is 12.1. The van der Waals surface area contributed by atoms with Gasteiger partial charge in [-0.2, -0.15) is 0 Å². The Labute approximate surface area is 145 Å². The summed E-state index contributed by atoms with van der Waals surface area (Å²) in [6, 6.07) is 5.99. The van der Waals surface area contributed by atoms with Crippen LogP contribution in [-0.2, 0) is 0 Å². The molecular weight excluding hydrogens is 318 g/mol. The van der Waals surface area contributed by atoms with Crippen molar-refractivity contribution in [3.05, 3.63) is 35.2 Å². The summed E-state index contributed by atoms with van der Waals surface area (Å²) in [7, 11) is 0. The molecule has 1 aliphatic heterocycles. The zero-order chi connectivity index (χ0) is 17.4. The molecule has 1 amide bonds. The lowest BCUT2D eigenvalue weighted by Gasteiger charge is -2.17. The number of rotatable bonds is 2. The smallest absolute Gasteiger partial charge is 0.311 e. The molecule has 0 radical (unpaired) electrons. The van der Waals surface area contributed by atoms with Gasteiger partial charge in [0.15, 0.2) is 5.76 Å². The van der Waals surface area contributed by atoms with Gasteiger partial charge >= 0.3 is 11.8 Å². The number of furan rings is 1. The highest BCUT2D eigenvalue weighted by atomic mass is 16.4. The van der Waals surface area contributed by atoms with Gasteiger partial charge in [-0.15, -0.1) is 10.2 Å². The average molecular weight is 339 g/mol. The molecular formula is C19H21N3O3. The zero-order valence-electron chi connectivity index (χ0n) is 14.5. The van der Waals surface area contributed by atoms with Crippen LogP contribution in [0.5, 0.6) is 0 Å². The third kappa shape index (κ3) is 2.81. The third-order valence-corrected chi connectivity index (χ3v) is 4.86. The molecule has 0 unspecified atom stereocenters. The summed E-state index contributed by atoms with van der Waals surface area (Å²) < 4.78 is 11.6. The second kappa shape index (κ2) is 6.35. The minimum absolute atomic E-state index is 0.0356. The minimum Gasteiger partial charge on any atom is -0.450 e. The number of aryl methyl sites for hydroxylation is 2. The topological polar surface area (TPSA) is 72.4 Å². The predicted octanol–water partition coefficient (Wildman–Crippen LogP) is 4.12. The van der Waals surface area contributed by atoms with Gasteiger partial charge in [-0.3, -0.25) is 4.79 Å². The molecule has 0 spiro atoms. The molecule has 1 aliphatic rings. The molecule has 3 aromatic rings. The van der Waals surface area contributed by atoms with E-state index in [9.17, 15) is 4.79 Å². The van der Waals surface area contributed by atoms with E-state index in [1.54, 1.807) is 4.90 Å². The van der Waals surface area contributed by atoms with E-state index in [2.05, 4.69) is 10.2 Å². The first kappa shape index (κ1) is 15.9. The summed E-state index contributed by atoms with van der Waals surface area (Å²) in [4.78, 5) is 14.4. The van der Waals surface area contributed by atoms with Crippen molar-refractivity contribution in [3.8, 4) is 11.7 Å². The first-order valence-electron chi connectivity index (χ1n) is 8.77. The number of hydrogen-bond acceptors (Lipinski definition) is 5. The van der Waals surface area contributed by atoms with Gasteiger partial charge in [-0.05, 0) is 32.3 Å². The molecule has 3 heterocycles. The maximum absolute atomic E-state index is 12.6. The van der Waals surface area contributed by atoms with Gasteiger partial charge in [-0.1, -0.05) is 31.0 Å². The van der Waals surface area contributed by atoms with Crippen molar-refractivity contribution in [1.29, 1.82) is 0 Å². The summed E-state index contributed by atoms with van der Waals surface area (Å²) in [6.07, 6.45) is 4.37. The molecule has 1 fully saturated rings. The maximum atomic E-state index is 12.6. The van der Waals surface area contributed by atoms with Crippen molar-refractivity contribution in [2.45, 2.75) is 39.5 Å². The van der Waals surface area contributed by atoms with Crippen molar-refractivity contribution in [3.63, 3.8) is 0 Å². The Morgan fingerprint density at radius 1 is 1.04 bits per heavy atom. The molecule has 4 rings (SSSR count). The fraction of sp³-hybridized carbons (Fsp3) is 0.421. The fourth-order valence-electron chi connectivity index (χ4n) is 3.40. The maximum Gasteiger partial charge on any atom is 0.311 e. The summed E-state index contributed by atoms with van der Waals surface area (Å²) in [5.74, 6) is 0.636. The van der Waals surface area contributed by atoms with Crippen LogP contribution < -0.4 is 0 Å². The summed E-state index contributed by atoms with van der Waals surface area (Å²) in [6.45, 7) is 5.46. The number of aromatic nitrogens is 2. The largest absolute Gasteiger partial charge is 0.450 e. The number of fused-ring (bicyclic) bond motifs is 1. The third-order valence-electron chi connectivity index (χ3n) is 4.86. The zero-order valence-corrected chi connectivity index (χ0v) is 14.5. The van der Waals surface area contributed by atoms with Crippen molar-refractivity contribution < 1.29 is 13.6 Å². The van der Waals surface area contributed by atoms with E-state index in [1.165, 1.54) is 0 Å². The normalized spacial score (nSPS) is 15.5. The lowest BCUT2D eigenvalue weighted by atomic mass is 10.1. The van der Waals surface area contributed by atoms with E-state index in [1.807, 2.05) is 32.0 Å². The van der Waals surface area contributed by atoms with E-state index < -0.39 is 0 Å². The quantitative estimate of drug-likeness (QED) is 0.702. The number of hydrogen-bond donors (Lipinski definition) is 0. The number of amides is 1. The van der Waals surface area contributed by atoms with Crippen LogP contribution in [0.25, 0.3) is 22.6 Å². The molecule has 1 saturated heterocycles. The van der Waals surface area contributed by atoms with Crippen LogP contribution in [0.1, 0.15) is 47.5 Å². The molecule has 0 saturated carbocycles. The standard InChI is InChI=1S/C19H21N3O3/c1-12-8-7-9-14-13(2)16(24-15(12)14)17-20-21-18(25-17)19(23)22-10-5-3-4-6-11-22/h7-9H,3-6,10-11H2,1-2H3. The number of likely N-dealkylation sites (tertiary alicyclic amines) is 1. The molecule has 6 nitrogen and oxygen atoms in total. The first-order valence-corrected chi connectivity index (χ1v) is 8.77. The number of carbonyl (C=O) groups is 1. The molecule has 6 heteroatoms. The Morgan fingerprint density at radius 3 is 2.52 bits per heavy atom. The van der Waals surface area contributed by atoms with Gasteiger partial charge in [0.1, 0.15) is 5.58 Å². The Hall–Kier alpha value is -2.63. The van der Waals surface area contributed by atoms with Crippen molar-refractivity contribution >= 4 is 16.9 Å². The Balaban J connectivity index is 1.66. The van der Waals surface area contributed by atoms with Crippen LogP contribution in [-0.4, -0.2) is 34.1 Å². The Bertz CT molecular complexity index is 917. The van der Waals surface area contributed by atoms with Crippen molar-refractivity contribution in [2.24, 2.45) is 0 Å². The molecule has 0 bridgehead atoms. The van der Waals surface area contributed by atoms with Crippen LogP contribution >= 0.6 is 0 Å². The number of para-hydroxylation sites is 1. The SMILES string of the molecule is Cc1c(-c2nnc(C(=O)N3CCCCCC3)o2)oc2c(C)cccc12. The van der Waals surface area contributed by atoms with Gasteiger partial charge in [0.05, 0.1) is 0 Å². The minimum atomic E-state index is -0.189. The van der Waals surface area contributed by atoms with E-state index in [0.717, 1.165) is 60.9 Å². The predicted molar refractivity (Wildman–Crippen MR) is 93.4 cm³/mol. The van der Waals surface area contributed by atoms with Crippen LogP contribution in [0.15, 0.2) is 27.0 Å². The molecule has 130 valence electrons. The van der Waals surface area contributed by atoms with E-state index >= 15 is 0 Å². The highest BCUT2D eigenvalue weighted by Gasteiger charge is 2.25. The molecule has 0 atom stereocenters. The van der Waals surface area contributed by atoms with Gasteiger partial charge in [-0.25, -0.2) is 0 Å². The summed E-state index contributed by atoms with van der Waals surface area (Å²) >= 11 is 0. The number of nitrogens with zero attached hydrogens (tertiary/aromatic N) is 3.